The quantitative estimate of drug-likeness (QED) is 0.347. The minimum absolute atomic E-state index is 0.0266. The van der Waals surface area contributed by atoms with Gasteiger partial charge in [0.05, 0.1) is 6.61 Å². The number of nitrogens with one attached hydrogen (secondary N) is 3. The normalized spacial score (nSPS) is 12.6. The second-order valence-corrected chi connectivity index (χ2v) is 11.0. The molecule has 0 unspecified atom stereocenters. The molecule has 1 amide bonds. The van der Waals surface area contributed by atoms with E-state index in [0.717, 1.165) is 16.8 Å². The first-order valence-electron chi connectivity index (χ1n) is 9.35. The van der Waals surface area contributed by atoms with E-state index in [1.54, 1.807) is 41.8 Å². The third kappa shape index (κ3) is 5.78. The highest BCUT2D eigenvalue weighted by molar-refractivity contribution is 8.43. The molecule has 1 atom stereocenters. The molecule has 4 N–H and O–H groups in total. The first-order chi connectivity index (χ1) is 14.8. The van der Waals surface area contributed by atoms with Crippen LogP contribution in [0, 0.1) is 4.91 Å². The SMILES string of the molecule is C[C@H](CO)Nc1nc(Nc2ccc(NC(=O)S(C)(C)N=O)cc2)ncc1-c1ccsc1. The molecule has 2 aromatic heterocycles. The molecule has 0 aliphatic rings. The van der Waals surface area contributed by atoms with Crippen molar-refractivity contribution in [2.75, 3.05) is 35.1 Å². The number of thiophene rings is 1. The van der Waals surface area contributed by atoms with Crippen molar-refractivity contribution < 1.29 is 9.90 Å². The number of anilines is 4. The maximum Gasteiger partial charge on any atom is 0.287 e. The summed E-state index contributed by atoms with van der Waals surface area (Å²) >= 11 is 1.58. The van der Waals surface area contributed by atoms with Crippen LogP contribution in [-0.2, 0) is 0 Å². The van der Waals surface area contributed by atoms with Gasteiger partial charge >= 0.3 is 0 Å². The highest BCUT2D eigenvalue weighted by Crippen LogP contribution is 2.42. The fourth-order valence-electron chi connectivity index (χ4n) is 2.50. The van der Waals surface area contributed by atoms with Crippen LogP contribution in [0.2, 0.25) is 0 Å². The van der Waals surface area contributed by atoms with Gasteiger partial charge in [-0.3, -0.25) is 4.79 Å². The fourth-order valence-corrected chi connectivity index (χ4v) is 3.59. The van der Waals surface area contributed by atoms with Crippen LogP contribution in [0.4, 0.5) is 27.9 Å². The number of carbonyl (C=O) groups is 1. The van der Waals surface area contributed by atoms with Gasteiger partial charge in [-0.15, -0.1) is 4.91 Å². The van der Waals surface area contributed by atoms with Crippen LogP contribution in [0.3, 0.4) is 0 Å². The Morgan fingerprint density at radius 1 is 1.23 bits per heavy atom. The van der Waals surface area contributed by atoms with Crippen molar-refractivity contribution in [2.45, 2.75) is 13.0 Å². The Hall–Kier alpha value is -3.02. The highest BCUT2D eigenvalue weighted by atomic mass is 32.3. The van der Waals surface area contributed by atoms with E-state index in [-0.39, 0.29) is 12.6 Å². The Bertz CT molecular complexity index is 1040. The molecule has 0 spiro atoms. The molecule has 3 aromatic rings. The maximum absolute atomic E-state index is 12.1. The number of rotatable bonds is 8. The average molecular weight is 461 g/mol. The summed E-state index contributed by atoms with van der Waals surface area (Å²) in [6.45, 7) is 1.84. The number of hydrogen-bond donors (Lipinski definition) is 4. The molecule has 0 saturated heterocycles. The summed E-state index contributed by atoms with van der Waals surface area (Å²) in [5.41, 5.74) is 3.13. The minimum atomic E-state index is -2.24. The number of amides is 1. The topological polar surface area (TPSA) is 129 Å². The van der Waals surface area contributed by atoms with Gasteiger partial charge in [0.15, 0.2) is 0 Å². The number of nitroso groups, excluding NO2 is 1. The largest absolute Gasteiger partial charge is 0.394 e. The van der Waals surface area contributed by atoms with Crippen LogP contribution in [0.25, 0.3) is 11.1 Å². The Morgan fingerprint density at radius 2 is 1.94 bits per heavy atom. The standard InChI is InChI=1S/C20H24N6O3S2/c1-13(11-27)22-18-17(14-8-9-30-12-14)10-21-19(25-18)23-15-4-6-16(7-5-15)24-20(28)31(2,3)26-29/h4-10,12-13,27H,11H2,1-3H3,(H,24,28)(H2,21,22,23,25)/t13-/m1/s1. The van der Waals surface area contributed by atoms with Crippen molar-refractivity contribution in [1.82, 2.24) is 9.97 Å². The molecule has 2 heterocycles. The molecule has 3 rings (SSSR count). The minimum Gasteiger partial charge on any atom is -0.394 e. The predicted molar refractivity (Wildman–Crippen MR) is 129 cm³/mol. The first kappa shape index (κ1) is 22.7. The Morgan fingerprint density at radius 3 is 2.55 bits per heavy atom. The van der Waals surface area contributed by atoms with E-state index >= 15 is 0 Å². The molecule has 0 aliphatic heterocycles. The van der Waals surface area contributed by atoms with Gasteiger partial charge in [0.25, 0.3) is 5.24 Å². The van der Waals surface area contributed by atoms with Crippen molar-refractivity contribution in [3.8, 4) is 11.1 Å². The van der Waals surface area contributed by atoms with Gasteiger partial charge in [-0.25, -0.2) is 4.98 Å². The lowest BCUT2D eigenvalue weighted by Gasteiger charge is -2.19. The summed E-state index contributed by atoms with van der Waals surface area (Å²) in [5, 5.41) is 22.0. The van der Waals surface area contributed by atoms with Crippen LogP contribution in [-0.4, -0.2) is 45.5 Å². The first-order valence-corrected chi connectivity index (χ1v) is 12.7. The number of hydrogen-bond acceptors (Lipinski definition) is 9. The molecule has 9 nitrogen and oxygen atoms in total. The second kappa shape index (κ2) is 9.86. The van der Waals surface area contributed by atoms with Gasteiger partial charge in [0, 0.05) is 29.2 Å². The van der Waals surface area contributed by atoms with Crippen molar-refractivity contribution in [1.29, 1.82) is 0 Å². The van der Waals surface area contributed by atoms with Gasteiger partial charge in [-0.1, -0.05) is 0 Å². The van der Waals surface area contributed by atoms with E-state index in [1.165, 1.54) is 12.5 Å². The van der Waals surface area contributed by atoms with Gasteiger partial charge < -0.3 is 21.1 Å². The summed E-state index contributed by atoms with van der Waals surface area (Å²) in [4.78, 5) is 31.9. The zero-order valence-corrected chi connectivity index (χ0v) is 19.0. The number of aliphatic hydroxyl groups excluding tert-OH is 1. The molecule has 31 heavy (non-hydrogen) atoms. The number of nitrogens with zero attached hydrogens (tertiary/aromatic N) is 3. The second-order valence-electron chi connectivity index (χ2n) is 7.16. The summed E-state index contributed by atoms with van der Waals surface area (Å²) in [7, 11) is -2.24. The zero-order chi connectivity index (χ0) is 22.4. The maximum atomic E-state index is 12.1. The summed E-state index contributed by atoms with van der Waals surface area (Å²) < 4.78 is 2.92. The third-order valence-electron chi connectivity index (χ3n) is 4.31. The third-order valence-corrected chi connectivity index (χ3v) is 6.37. The molecular weight excluding hydrogens is 436 g/mol. The average Bonchev–Trinajstić information content (AvgIpc) is 3.29. The van der Waals surface area contributed by atoms with E-state index in [4.69, 9.17) is 0 Å². The molecule has 11 heteroatoms. The lowest BCUT2D eigenvalue weighted by Crippen LogP contribution is -2.21. The van der Waals surface area contributed by atoms with Crippen LogP contribution in [0.1, 0.15) is 6.92 Å². The van der Waals surface area contributed by atoms with Gasteiger partial charge in [0.2, 0.25) is 5.95 Å². The lowest BCUT2D eigenvalue weighted by atomic mass is 10.1. The van der Waals surface area contributed by atoms with Crippen molar-refractivity contribution in [3.63, 3.8) is 0 Å². The van der Waals surface area contributed by atoms with Crippen molar-refractivity contribution in [2.24, 2.45) is 4.58 Å². The molecule has 0 bridgehead atoms. The molecule has 0 saturated carbocycles. The van der Waals surface area contributed by atoms with Crippen LogP contribution >= 0.6 is 21.6 Å². The van der Waals surface area contributed by atoms with E-state index in [2.05, 4.69) is 30.5 Å². The Kier molecular flexibility index (Phi) is 7.21. The lowest BCUT2D eigenvalue weighted by molar-refractivity contribution is 0.269. The molecule has 0 aliphatic carbocycles. The van der Waals surface area contributed by atoms with E-state index in [9.17, 15) is 14.8 Å². The van der Waals surface area contributed by atoms with Gasteiger partial charge in [-0.2, -0.15) is 16.3 Å². The van der Waals surface area contributed by atoms with Crippen molar-refractivity contribution in [3.05, 3.63) is 52.2 Å². The molecule has 0 radical (unpaired) electrons. The number of aliphatic hydroxyl groups is 1. The molecule has 0 fully saturated rings. The van der Waals surface area contributed by atoms with Crippen molar-refractivity contribution >= 4 is 49.9 Å². The van der Waals surface area contributed by atoms with Gasteiger partial charge in [0.1, 0.15) is 5.82 Å². The summed E-state index contributed by atoms with van der Waals surface area (Å²) in [6.07, 6.45) is 4.80. The van der Waals surface area contributed by atoms with Crippen LogP contribution in [0.15, 0.2) is 51.9 Å². The smallest absolute Gasteiger partial charge is 0.287 e. The number of benzene rings is 1. The highest BCUT2D eigenvalue weighted by Gasteiger charge is 2.22. The monoisotopic (exact) mass is 460 g/mol. The molecule has 1 aromatic carbocycles. The van der Waals surface area contributed by atoms with E-state index in [0.29, 0.717) is 17.5 Å². The summed E-state index contributed by atoms with van der Waals surface area (Å²) in [5.74, 6) is 1.01. The fraction of sp³-hybridized carbons (Fsp3) is 0.250. The predicted octanol–water partition coefficient (Wildman–Crippen LogP) is 5.02. The van der Waals surface area contributed by atoms with Crippen LogP contribution < -0.4 is 16.0 Å². The van der Waals surface area contributed by atoms with Crippen LogP contribution in [0.5, 0.6) is 0 Å². The van der Waals surface area contributed by atoms with E-state index in [1.807, 2.05) is 23.8 Å². The van der Waals surface area contributed by atoms with E-state index < -0.39 is 15.5 Å². The summed E-state index contributed by atoms with van der Waals surface area (Å²) in [6, 6.07) is 8.79. The van der Waals surface area contributed by atoms with Gasteiger partial charge in [-0.05, 0) is 80.9 Å². The Labute approximate surface area is 185 Å². The Balaban J connectivity index is 1.77. The molecular formula is C20H24N6O3S2. The number of aromatic nitrogens is 2. The number of carbonyl (C=O) groups excluding carboxylic acids is 1. The molecule has 164 valence electrons. The zero-order valence-electron chi connectivity index (χ0n) is 17.3.